The molecular weight excluding hydrogens is 399 g/mol. The number of carboxylic acid groups (broad SMARTS) is 1. The van der Waals surface area contributed by atoms with E-state index >= 15 is 0 Å². The van der Waals surface area contributed by atoms with Crippen LogP contribution in [0.2, 0.25) is 5.02 Å². The van der Waals surface area contributed by atoms with E-state index in [-0.39, 0.29) is 23.7 Å². The summed E-state index contributed by atoms with van der Waals surface area (Å²) >= 11 is 6.32. The van der Waals surface area contributed by atoms with Crippen LogP contribution >= 0.6 is 11.6 Å². The van der Waals surface area contributed by atoms with Crippen molar-refractivity contribution in [3.63, 3.8) is 0 Å². The third-order valence-electron chi connectivity index (χ3n) is 6.15. The number of aromatic nitrogens is 5. The number of pyridine rings is 1. The zero-order valence-electron chi connectivity index (χ0n) is 15.3. The zero-order chi connectivity index (χ0) is 20.1. The minimum Gasteiger partial charge on any atom is -0.481 e. The number of anilines is 1. The first-order chi connectivity index (χ1) is 14.0. The number of nitrogens with one attached hydrogen (secondary N) is 2. The molecule has 3 aliphatic rings. The fourth-order valence-electron chi connectivity index (χ4n) is 4.80. The lowest BCUT2D eigenvalue weighted by molar-refractivity contribution is -0.148. The van der Waals surface area contributed by atoms with Gasteiger partial charge in [0.1, 0.15) is 22.4 Å². The van der Waals surface area contributed by atoms with E-state index in [4.69, 9.17) is 11.6 Å². The van der Waals surface area contributed by atoms with Gasteiger partial charge in [-0.25, -0.2) is 19.3 Å². The van der Waals surface area contributed by atoms with Crippen molar-refractivity contribution in [1.82, 2.24) is 25.1 Å². The fraction of sp³-hybridized carbons (Fsp3) is 0.421. The molecule has 0 aromatic carbocycles. The van der Waals surface area contributed by atoms with Gasteiger partial charge in [-0.1, -0.05) is 11.6 Å². The molecular formula is C19H18ClFN6O2. The van der Waals surface area contributed by atoms with Gasteiger partial charge in [0.15, 0.2) is 11.5 Å². The molecule has 6 rings (SSSR count). The summed E-state index contributed by atoms with van der Waals surface area (Å²) in [7, 11) is 0. The Morgan fingerprint density at radius 3 is 2.72 bits per heavy atom. The van der Waals surface area contributed by atoms with Gasteiger partial charge in [-0.05, 0) is 43.6 Å². The summed E-state index contributed by atoms with van der Waals surface area (Å²) in [6, 6.07) is 1.07. The second-order valence-corrected chi connectivity index (χ2v) is 8.13. The maximum atomic E-state index is 13.6. The topological polar surface area (TPSA) is 117 Å². The van der Waals surface area contributed by atoms with E-state index in [0.29, 0.717) is 27.6 Å². The Kier molecular flexibility index (Phi) is 4.34. The van der Waals surface area contributed by atoms with Gasteiger partial charge in [-0.2, -0.15) is 5.10 Å². The van der Waals surface area contributed by atoms with Gasteiger partial charge < -0.3 is 10.4 Å². The highest BCUT2D eigenvalue weighted by Crippen LogP contribution is 2.46. The van der Waals surface area contributed by atoms with Gasteiger partial charge >= 0.3 is 5.97 Å². The highest BCUT2D eigenvalue weighted by atomic mass is 35.5. The third kappa shape index (κ3) is 3.09. The molecule has 3 saturated carbocycles. The van der Waals surface area contributed by atoms with Crippen LogP contribution in [0.25, 0.3) is 22.6 Å². The average Bonchev–Trinajstić information content (AvgIpc) is 3.13. The number of hydrogen-bond donors (Lipinski definition) is 3. The summed E-state index contributed by atoms with van der Waals surface area (Å²) in [5.74, 6) is -0.670. The van der Waals surface area contributed by atoms with E-state index < -0.39 is 17.7 Å². The maximum absolute atomic E-state index is 13.6. The van der Waals surface area contributed by atoms with E-state index in [2.05, 4.69) is 30.5 Å². The molecule has 0 saturated heterocycles. The number of carbonyl (C=O) groups is 1. The normalized spacial score (nSPS) is 26.0. The van der Waals surface area contributed by atoms with Gasteiger partial charge in [0, 0.05) is 6.04 Å². The first kappa shape index (κ1) is 18.2. The van der Waals surface area contributed by atoms with Gasteiger partial charge in [0.2, 0.25) is 0 Å². The summed E-state index contributed by atoms with van der Waals surface area (Å²) in [6.45, 7) is 0. The van der Waals surface area contributed by atoms with Crippen molar-refractivity contribution in [2.75, 3.05) is 5.32 Å². The third-order valence-corrected chi connectivity index (χ3v) is 6.43. The Hall–Kier alpha value is -2.81. The highest BCUT2D eigenvalue weighted by Gasteiger charge is 2.47. The van der Waals surface area contributed by atoms with Gasteiger partial charge in [-0.3, -0.25) is 9.89 Å². The zero-order valence-corrected chi connectivity index (χ0v) is 16.0. The Morgan fingerprint density at radius 2 is 1.97 bits per heavy atom. The largest absolute Gasteiger partial charge is 0.481 e. The summed E-state index contributed by atoms with van der Waals surface area (Å²) < 4.78 is 13.6. The monoisotopic (exact) mass is 416 g/mol. The Morgan fingerprint density at radius 1 is 1.21 bits per heavy atom. The van der Waals surface area contributed by atoms with Crippen LogP contribution in [0.5, 0.6) is 0 Å². The molecule has 0 amide bonds. The number of aromatic amines is 1. The molecule has 29 heavy (non-hydrogen) atoms. The first-order valence-corrected chi connectivity index (χ1v) is 9.91. The molecule has 10 heteroatoms. The van der Waals surface area contributed by atoms with Crippen molar-refractivity contribution < 1.29 is 14.3 Å². The van der Waals surface area contributed by atoms with E-state index in [1.807, 2.05) is 0 Å². The van der Waals surface area contributed by atoms with Crippen LogP contribution in [0.4, 0.5) is 10.2 Å². The number of carboxylic acids is 1. The van der Waals surface area contributed by atoms with Crippen LogP contribution in [-0.2, 0) is 4.79 Å². The van der Waals surface area contributed by atoms with Gasteiger partial charge in [0.05, 0.1) is 23.7 Å². The molecule has 3 heterocycles. The minimum atomic E-state index is -0.789. The molecule has 150 valence electrons. The number of halogens is 2. The van der Waals surface area contributed by atoms with Crippen molar-refractivity contribution in [1.29, 1.82) is 0 Å². The summed E-state index contributed by atoms with van der Waals surface area (Å²) in [6.07, 6.45) is 6.42. The molecule has 0 aliphatic heterocycles. The number of H-pyrrole nitrogens is 1. The second kappa shape index (κ2) is 6.91. The predicted molar refractivity (Wildman–Crippen MR) is 104 cm³/mol. The van der Waals surface area contributed by atoms with Crippen LogP contribution in [0.15, 0.2) is 18.5 Å². The number of rotatable bonds is 4. The van der Waals surface area contributed by atoms with E-state index in [1.54, 1.807) is 0 Å². The van der Waals surface area contributed by atoms with Crippen molar-refractivity contribution in [3.05, 3.63) is 29.3 Å². The van der Waals surface area contributed by atoms with Crippen LogP contribution in [0.1, 0.15) is 25.7 Å². The smallest absolute Gasteiger partial charge is 0.308 e. The number of fused-ring (bicyclic) bond motifs is 4. The summed E-state index contributed by atoms with van der Waals surface area (Å²) in [4.78, 5) is 24.6. The Labute approximate surface area is 169 Å². The van der Waals surface area contributed by atoms with Crippen LogP contribution in [0.3, 0.4) is 0 Å². The lowest BCUT2D eigenvalue weighted by Crippen LogP contribution is -2.51. The van der Waals surface area contributed by atoms with Gasteiger partial charge in [0.25, 0.3) is 0 Å². The average molecular weight is 417 g/mol. The Balaban J connectivity index is 1.51. The molecule has 3 aliphatic carbocycles. The fourth-order valence-corrected chi connectivity index (χ4v) is 4.95. The van der Waals surface area contributed by atoms with E-state index in [0.717, 1.165) is 31.9 Å². The SMILES string of the molecule is O=C(O)C1C2CCC(CC2)C1Nc1nc(-c2[nH]nc3ncc(F)cc23)ncc1Cl. The van der Waals surface area contributed by atoms with Crippen molar-refractivity contribution in [2.45, 2.75) is 31.7 Å². The lowest BCUT2D eigenvalue weighted by atomic mass is 9.61. The molecule has 0 radical (unpaired) electrons. The standard InChI is InChI=1S/C19H18ClFN6O2/c20-12-7-23-18(15-11-5-10(21)6-22-16(11)27-26-15)25-17(12)24-14-9-3-1-8(2-4-9)13(14)19(28)29/h5-9,13-14H,1-4H2,(H,28,29)(H,22,26,27)(H,23,24,25). The second-order valence-electron chi connectivity index (χ2n) is 7.72. The molecule has 3 N–H and O–H groups in total. The van der Waals surface area contributed by atoms with Crippen LogP contribution in [0, 0.1) is 23.6 Å². The molecule has 2 unspecified atom stereocenters. The summed E-state index contributed by atoms with van der Waals surface area (Å²) in [5, 5.41) is 20.7. The molecule has 0 spiro atoms. The molecule has 8 nitrogen and oxygen atoms in total. The molecule has 2 atom stereocenters. The van der Waals surface area contributed by atoms with Gasteiger partial charge in [-0.15, -0.1) is 0 Å². The van der Waals surface area contributed by atoms with Crippen molar-refractivity contribution in [3.8, 4) is 11.5 Å². The molecule has 3 aromatic heterocycles. The van der Waals surface area contributed by atoms with Crippen molar-refractivity contribution in [2.24, 2.45) is 17.8 Å². The van der Waals surface area contributed by atoms with Crippen molar-refractivity contribution >= 4 is 34.4 Å². The van der Waals surface area contributed by atoms with Crippen LogP contribution < -0.4 is 5.32 Å². The Bertz CT molecular complexity index is 1100. The molecule has 3 aromatic rings. The van der Waals surface area contributed by atoms with E-state index in [9.17, 15) is 14.3 Å². The lowest BCUT2D eigenvalue weighted by Gasteiger charge is -2.47. The maximum Gasteiger partial charge on any atom is 0.308 e. The van der Waals surface area contributed by atoms with Crippen LogP contribution in [-0.4, -0.2) is 42.3 Å². The minimum absolute atomic E-state index is 0.167. The molecule has 2 bridgehead atoms. The number of aliphatic carboxylic acids is 1. The summed E-state index contributed by atoms with van der Waals surface area (Å²) in [5.41, 5.74) is 0.775. The number of nitrogens with zero attached hydrogens (tertiary/aromatic N) is 4. The highest BCUT2D eigenvalue weighted by molar-refractivity contribution is 6.32. The predicted octanol–water partition coefficient (Wildman–Crippen LogP) is 3.51. The van der Waals surface area contributed by atoms with E-state index in [1.165, 1.54) is 12.3 Å². The number of hydrogen-bond acceptors (Lipinski definition) is 6. The quantitative estimate of drug-likeness (QED) is 0.595. The first-order valence-electron chi connectivity index (χ1n) is 9.53. The molecule has 3 fully saturated rings.